The van der Waals surface area contributed by atoms with Crippen LogP contribution in [0.25, 0.3) is 0 Å². The molecule has 35 heavy (non-hydrogen) atoms. The molecule has 0 aliphatic rings. The zero-order chi connectivity index (χ0) is 25.5. The minimum absolute atomic E-state index is 1.01. The van der Waals surface area contributed by atoms with Crippen molar-refractivity contribution in [2.45, 2.75) is 213 Å². The van der Waals surface area contributed by atoms with Gasteiger partial charge in [0.05, 0.1) is 0 Å². The second-order valence-corrected chi connectivity index (χ2v) is 11.9. The van der Waals surface area contributed by atoms with Crippen LogP contribution in [0.2, 0.25) is 0 Å². The van der Waals surface area contributed by atoms with E-state index in [2.05, 4.69) is 20.8 Å². The molecule has 0 aromatic rings. The van der Waals surface area contributed by atoms with Crippen LogP contribution in [0.5, 0.6) is 0 Å². The molecule has 0 fully saturated rings. The Labute approximate surface area is 225 Å². The lowest BCUT2D eigenvalue weighted by molar-refractivity contribution is 0.368. The van der Waals surface area contributed by atoms with Crippen molar-refractivity contribution in [1.82, 2.24) is 0 Å². The first-order valence-corrected chi connectivity index (χ1v) is 17.1. The van der Waals surface area contributed by atoms with E-state index in [0.29, 0.717) is 0 Å². The van der Waals surface area contributed by atoms with Gasteiger partial charge in [-0.3, -0.25) is 0 Å². The van der Waals surface area contributed by atoms with Crippen LogP contribution in [0, 0.1) is 12.8 Å². The summed E-state index contributed by atoms with van der Waals surface area (Å²) in [6, 6.07) is 0. The van der Waals surface area contributed by atoms with E-state index in [1.165, 1.54) is 193 Å². The summed E-state index contributed by atoms with van der Waals surface area (Å²) in [7, 11) is 0. The van der Waals surface area contributed by atoms with Gasteiger partial charge in [0.2, 0.25) is 0 Å². The van der Waals surface area contributed by atoms with Gasteiger partial charge in [-0.2, -0.15) is 0 Å². The van der Waals surface area contributed by atoms with Crippen LogP contribution in [-0.2, 0) is 0 Å². The number of rotatable bonds is 31. The van der Waals surface area contributed by atoms with E-state index in [4.69, 9.17) is 0 Å². The summed E-state index contributed by atoms with van der Waals surface area (Å²) in [6.07, 6.45) is 45.1. The van der Waals surface area contributed by atoms with Crippen LogP contribution < -0.4 is 0 Å². The summed E-state index contributed by atoms with van der Waals surface area (Å²) in [5.74, 6) is 1.01. The van der Waals surface area contributed by atoms with Gasteiger partial charge in [0.1, 0.15) is 0 Å². The highest BCUT2D eigenvalue weighted by Crippen LogP contribution is 2.24. The van der Waals surface area contributed by atoms with Gasteiger partial charge in [-0.1, -0.05) is 220 Å². The van der Waals surface area contributed by atoms with Crippen molar-refractivity contribution in [3.05, 3.63) is 6.92 Å². The maximum absolute atomic E-state index is 4.06. The molecule has 0 aromatic heterocycles. The Morgan fingerprint density at radius 3 is 0.800 bits per heavy atom. The summed E-state index contributed by atoms with van der Waals surface area (Å²) in [5.41, 5.74) is 0. The van der Waals surface area contributed by atoms with Crippen LogP contribution >= 0.6 is 0 Å². The highest BCUT2D eigenvalue weighted by Gasteiger charge is 2.08. The van der Waals surface area contributed by atoms with Gasteiger partial charge >= 0.3 is 0 Å². The fourth-order valence-electron chi connectivity index (χ4n) is 5.77. The SMILES string of the molecule is [CH2]CCCCC(CCCCCCCCCCCCC)CCCCCCCCCCCCCCCC. The molecule has 1 unspecified atom stereocenters. The highest BCUT2D eigenvalue weighted by molar-refractivity contribution is 4.62. The van der Waals surface area contributed by atoms with Crippen LogP contribution in [0.4, 0.5) is 0 Å². The highest BCUT2D eigenvalue weighted by atomic mass is 14.1. The fourth-order valence-corrected chi connectivity index (χ4v) is 5.77. The molecule has 1 atom stereocenters. The molecule has 0 bridgehead atoms. The zero-order valence-electron chi connectivity index (χ0n) is 25.2. The predicted octanol–water partition coefficient (Wildman–Crippen LogP) is 13.6. The molecule has 0 heteroatoms. The van der Waals surface area contributed by atoms with E-state index in [1.807, 2.05) is 0 Å². The van der Waals surface area contributed by atoms with E-state index in [-0.39, 0.29) is 0 Å². The normalized spacial score (nSPS) is 12.4. The molecule has 0 aliphatic carbocycles. The van der Waals surface area contributed by atoms with Gasteiger partial charge in [0.15, 0.2) is 0 Å². The lowest BCUT2D eigenvalue weighted by Crippen LogP contribution is -2.01. The minimum atomic E-state index is 1.01. The monoisotopic (exact) mass is 492 g/mol. The van der Waals surface area contributed by atoms with Crippen molar-refractivity contribution in [3.8, 4) is 0 Å². The number of hydrogen-bond acceptors (Lipinski definition) is 0. The molecule has 0 nitrogen and oxygen atoms in total. The molecule has 0 saturated carbocycles. The summed E-state index contributed by atoms with van der Waals surface area (Å²) in [6.45, 7) is 8.68. The molecule has 0 aromatic carbocycles. The molecule has 211 valence electrons. The van der Waals surface area contributed by atoms with Gasteiger partial charge in [0.25, 0.3) is 0 Å². The molecule has 0 heterocycles. The Hall–Kier alpha value is 0. The van der Waals surface area contributed by atoms with E-state index >= 15 is 0 Å². The van der Waals surface area contributed by atoms with Crippen molar-refractivity contribution in [3.63, 3.8) is 0 Å². The van der Waals surface area contributed by atoms with E-state index < -0.39 is 0 Å². The molecule has 0 aliphatic heterocycles. The van der Waals surface area contributed by atoms with Crippen LogP contribution in [-0.4, -0.2) is 0 Å². The molecular formula is C35H71. The third kappa shape index (κ3) is 30.1. The maximum Gasteiger partial charge on any atom is -0.0414 e. The van der Waals surface area contributed by atoms with Crippen molar-refractivity contribution >= 4 is 0 Å². The number of unbranched alkanes of at least 4 members (excludes halogenated alkanes) is 25. The van der Waals surface area contributed by atoms with Crippen LogP contribution in [0.15, 0.2) is 0 Å². The van der Waals surface area contributed by atoms with Gasteiger partial charge in [0, 0.05) is 0 Å². The third-order valence-corrected chi connectivity index (χ3v) is 8.29. The molecule has 0 spiro atoms. The zero-order valence-corrected chi connectivity index (χ0v) is 25.2. The second kappa shape index (κ2) is 32.0. The first-order chi connectivity index (χ1) is 17.3. The molecule has 0 N–H and O–H groups in total. The minimum Gasteiger partial charge on any atom is -0.0654 e. The molecule has 1 radical (unpaired) electrons. The summed E-state index contributed by atoms with van der Waals surface area (Å²) in [4.78, 5) is 0. The van der Waals surface area contributed by atoms with Crippen LogP contribution in [0.1, 0.15) is 213 Å². The Kier molecular flexibility index (Phi) is 32.0. The van der Waals surface area contributed by atoms with Crippen molar-refractivity contribution in [2.75, 3.05) is 0 Å². The first kappa shape index (κ1) is 35.0. The topological polar surface area (TPSA) is 0 Å². The second-order valence-electron chi connectivity index (χ2n) is 11.9. The van der Waals surface area contributed by atoms with E-state index in [9.17, 15) is 0 Å². The average molecular weight is 492 g/mol. The van der Waals surface area contributed by atoms with E-state index in [1.54, 1.807) is 0 Å². The van der Waals surface area contributed by atoms with Crippen molar-refractivity contribution < 1.29 is 0 Å². The van der Waals surface area contributed by atoms with Gasteiger partial charge in [-0.25, -0.2) is 0 Å². The molecule has 0 rings (SSSR count). The first-order valence-electron chi connectivity index (χ1n) is 17.1. The molecule has 0 saturated heterocycles. The lowest BCUT2D eigenvalue weighted by atomic mass is 9.89. The lowest BCUT2D eigenvalue weighted by Gasteiger charge is -2.17. The Morgan fingerprint density at radius 2 is 0.543 bits per heavy atom. The largest absolute Gasteiger partial charge is 0.0654 e. The summed E-state index contributed by atoms with van der Waals surface area (Å²) in [5, 5.41) is 0. The molecular weight excluding hydrogens is 420 g/mol. The quantitative estimate of drug-likeness (QED) is 0.0845. The predicted molar refractivity (Wildman–Crippen MR) is 163 cm³/mol. The van der Waals surface area contributed by atoms with Crippen molar-refractivity contribution in [2.24, 2.45) is 5.92 Å². The van der Waals surface area contributed by atoms with Crippen molar-refractivity contribution in [1.29, 1.82) is 0 Å². The smallest absolute Gasteiger partial charge is 0.0414 e. The Bertz CT molecular complexity index is 346. The fraction of sp³-hybridized carbons (Fsp3) is 0.971. The maximum atomic E-state index is 4.06. The average Bonchev–Trinajstić information content (AvgIpc) is 2.87. The van der Waals surface area contributed by atoms with E-state index in [0.717, 1.165) is 12.3 Å². The Morgan fingerprint density at radius 1 is 0.314 bits per heavy atom. The summed E-state index contributed by atoms with van der Waals surface area (Å²) < 4.78 is 0. The summed E-state index contributed by atoms with van der Waals surface area (Å²) >= 11 is 0. The third-order valence-electron chi connectivity index (χ3n) is 8.29. The van der Waals surface area contributed by atoms with Crippen LogP contribution in [0.3, 0.4) is 0 Å². The van der Waals surface area contributed by atoms with Gasteiger partial charge in [-0.05, 0) is 5.92 Å². The van der Waals surface area contributed by atoms with Gasteiger partial charge in [-0.15, -0.1) is 0 Å². The van der Waals surface area contributed by atoms with Gasteiger partial charge < -0.3 is 0 Å². The number of hydrogen-bond donors (Lipinski definition) is 0. The molecule has 0 amide bonds. The Balaban J connectivity index is 3.56. The standard InChI is InChI=1S/C35H71/c1-4-7-10-12-14-16-18-19-20-22-24-26-28-31-34-35(32-29-9-6-3)33-30-27-25-23-21-17-15-13-11-8-5-2/h35H,3-34H2,1-2H3.